The van der Waals surface area contributed by atoms with Gasteiger partial charge in [0, 0.05) is 5.56 Å². The molecule has 0 unspecified atom stereocenters. The summed E-state index contributed by atoms with van der Waals surface area (Å²) in [5.41, 5.74) is 0.597. The van der Waals surface area contributed by atoms with E-state index in [0.29, 0.717) is 11.3 Å². The first-order valence-corrected chi connectivity index (χ1v) is 5.17. The van der Waals surface area contributed by atoms with Crippen LogP contribution in [0.25, 0.3) is 0 Å². The molecule has 5 heteroatoms. The van der Waals surface area contributed by atoms with Crippen molar-refractivity contribution < 1.29 is 23.8 Å². The molecule has 0 atom stereocenters. The standard InChI is InChI=1S/C12H12O5/c1-7-10(13)16-12(17-11(7)14)8-3-5-9(15-2)6-4-8/h3-7,12H,1-2H3. The Bertz CT molecular complexity index is 419. The smallest absolute Gasteiger partial charge is 0.323 e. The second-order valence-corrected chi connectivity index (χ2v) is 3.70. The summed E-state index contributed by atoms with van der Waals surface area (Å²) in [6.07, 6.45) is -0.961. The Labute approximate surface area is 98.3 Å². The van der Waals surface area contributed by atoms with Gasteiger partial charge in [0.05, 0.1) is 7.11 Å². The minimum Gasteiger partial charge on any atom is -0.497 e. The Morgan fingerprint density at radius 3 is 2.06 bits per heavy atom. The average molecular weight is 236 g/mol. The number of benzene rings is 1. The van der Waals surface area contributed by atoms with Gasteiger partial charge in [0.25, 0.3) is 6.29 Å². The lowest BCUT2D eigenvalue weighted by Crippen LogP contribution is -2.34. The number of carbonyl (C=O) groups is 2. The Balaban J connectivity index is 2.17. The van der Waals surface area contributed by atoms with E-state index in [-0.39, 0.29) is 0 Å². The Morgan fingerprint density at radius 2 is 1.59 bits per heavy atom. The van der Waals surface area contributed by atoms with Gasteiger partial charge in [0.15, 0.2) is 5.92 Å². The van der Waals surface area contributed by atoms with Gasteiger partial charge in [-0.05, 0) is 31.2 Å². The van der Waals surface area contributed by atoms with Crippen molar-refractivity contribution in [2.24, 2.45) is 5.92 Å². The molecule has 0 aliphatic carbocycles. The number of hydrogen-bond acceptors (Lipinski definition) is 5. The van der Waals surface area contributed by atoms with E-state index in [1.54, 1.807) is 31.4 Å². The SMILES string of the molecule is COc1ccc(C2OC(=O)C(C)C(=O)O2)cc1. The molecule has 0 radical (unpaired) electrons. The van der Waals surface area contributed by atoms with Crippen LogP contribution in [0.15, 0.2) is 24.3 Å². The van der Waals surface area contributed by atoms with Gasteiger partial charge in [0.1, 0.15) is 5.75 Å². The molecule has 2 rings (SSSR count). The van der Waals surface area contributed by atoms with Crippen LogP contribution in [0.1, 0.15) is 18.8 Å². The zero-order chi connectivity index (χ0) is 12.4. The fourth-order valence-corrected chi connectivity index (χ4v) is 1.43. The summed E-state index contributed by atoms with van der Waals surface area (Å²) < 4.78 is 15.0. The number of ether oxygens (including phenoxy) is 3. The molecule has 90 valence electrons. The van der Waals surface area contributed by atoms with E-state index in [2.05, 4.69) is 0 Å². The highest BCUT2D eigenvalue weighted by molar-refractivity contribution is 5.95. The number of methoxy groups -OCH3 is 1. The first-order chi connectivity index (χ1) is 8.11. The maximum atomic E-state index is 11.4. The monoisotopic (exact) mass is 236 g/mol. The zero-order valence-electron chi connectivity index (χ0n) is 9.51. The molecule has 1 heterocycles. The third-order valence-electron chi connectivity index (χ3n) is 2.54. The Kier molecular flexibility index (Phi) is 2.99. The van der Waals surface area contributed by atoms with Crippen LogP contribution >= 0.6 is 0 Å². The van der Waals surface area contributed by atoms with Crippen LogP contribution in [0.4, 0.5) is 0 Å². The molecule has 0 bridgehead atoms. The lowest BCUT2D eigenvalue weighted by molar-refractivity contribution is -0.212. The molecule has 0 N–H and O–H groups in total. The van der Waals surface area contributed by atoms with E-state index in [4.69, 9.17) is 14.2 Å². The van der Waals surface area contributed by atoms with Gasteiger partial charge in [-0.3, -0.25) is 9.59 Å². The molecule has 17 heavy (non-hydrogen) atoms. The van der Waals surface area contributed by atoms with Crippen molar-refractivity contribution in [3.8, 4) is 5.75 Å². The van der Waals surface area contributed by atoms with Gasteiger partial charge < -0.3 is 14.2 Å². The van der Waals surface area contributed by atoms with Crippen molar-refractivity contribution in [2.45, 2.75) is 13.2 Å². The lowest BCUT2D eigenvalue weighted by atomic mass is 10.1. The minimum atomic E-state index is -0.961. The molecular weight excluding hydrogens is 224 g/mol. The predicted octanol–water partition coefficient (Wildman–Crippen LogP) is 1.43. The van der Waals surface area contributed by atoms with Gasteiger partial charge >= 0.3 is 11.9 Å². The van der Waals surface area contributed by atoms with E-state index < -0.39 is 24.1 Å². The number of rotatable bonds is 2. The summed E-state index contributed by atoms with van der Waals surface area (Å²) in [7, 11) is 1.55. The van der Waals surface area contributed by atoms with Crippen LogP contribution in [-0.2, 0) is 19.1 Å². The molecule has 1 aromatic rings. The second kappa shape index (κ2) is 4.45. The van der Waals surface area contributed by atoms with Gasteiger partial charge in [-0.1, -0.05) is 0 Å². The third-order valence-corrected chi connectivity index (χ3v) is 2.54. The molecule has 1 aliphatic heterocycles. The van der Waals surface area contributed by atoms with Crippen molar-refractivity contribution in [3.63, 3.8) is 0 Å². The molecule has 1 fully saturated rings. The van der Waals surface area contributed by atoms with Crippen molar-refractivity contribution in [1.82, 2.24) is 0 Å². The summed E-state index contributed by atoms with van der Waals surface area (Å²) in [6.45, 7) is 1.45. The zero-order valence-corrected chi connectivity index (χ0v) is 9.51. The number of esters is 2. The summed E-state index contributed by atoms with van der Waals surface area (Å²) in [6, 6.07) is 6.77. The molecule has 0 amide bonds. The first-order valence-electron chi connectivity index (χ1n) is 5.17. The molecule has 0 spiro atoms. The summed E-state index contributed by atoms with van der Waals surface area (Å²) in [4.78, 5) is 22.7. The first kappa shape index (κ1) is 11.4. The van der Waals surface area contributed by atoms with Crippen molar-refractivity contribution >= 4 is 11.9 Å². The van der Waals surface area contributed by atoms with Crippen LogP contribution in [0.2, 0.25) is 0 Å². The fourth-order valence-electron chi connectivity index (χ4n) is 1.43. The van der Waals surface area contributed by atoms with E-state index in [1.807, 2.05) is 0 Å². The minimum absolute atomic E-state index is 0.568. The highest BCUT2D eigenvalue weighted by Crippen LogP contribution is 2.27. The van der Waals surface area contributed by atoms with Gasteiger partial charge in [-0.15, -0.1) is 0 Å². The van der Waals surface area contributed by atoms with Crippen LogP contribution in [0, 0.1) is 5.92 Å². The van der Waals surface area contributed by atoms with Gasteiger partial charge in [0.2, 0.25) is 0 Å². The van der Waals surface area contributed by atoms with Crippen LogP contribution in [-0.4, -0.2) is 19.0 Å². The fraction of sp³-hybridized carbons (Fsp3) is 0.333. The summed E-state index contributed by atoms with van der Waals surface area (Å²) in [5, 5.41) is 0. The van der Waals surface area contributed by atoms with Crippen LogP contribution in [0.3, 0.4) is 0 Å². The van der Waals surface area contributed by atoms with Crippen molar-refractivity contribution in [1.29, 1.82) is 0 Å². The molecule has 5 nitrogen and oxygen atoms in total. The topological polar surface area (TPSA) is 61.8 Å². The second-order valence-electron chi connectivity index (χ2n) is 3.70. The summed E-state index contributed by atoms with van der Waals surface area (Å²) in [5.74, 6) is -1.32. The predicted molar refractivity (Wildman–Crippen MR) is 57.1 cm³/mol. The number of cyclic esters (lactones) is 2. The van der Waals surface area contributed by atoms with E-state index in [0.717, 1.165) is 0 Å². The molecule has 0 saturated carbocycles. The maximum absolute atomic E-state index is 11.4. The van der Waals surface area contributed by atoms with E-state index in [1.165, 1.54) is 6.92 Å². The van der Waals surface area contributed by atoms with Gasteiger partial charge in [-0.25, -0.2) is 0 Å². The number of hydrogen-bond donors (Lipinski definition) is 0. The maximum Gasteiger partial charge on any atom is 0.323 e. The molecule has 1 aromatic carbocycles. The quantitative estimate of drug-likeness (QED) is 0.574. The highest BCUT2D eigenvalue weighted by Gasteiger charge is 2.36. The average Bonchev–Trinajstić information content (AvgIpc) is 2.35. The van der Waals surface area contributed by atoms with E-state index in [9.17, 15) is 9.59 Å². The lowest BCUT2D eigenvalue weighted by Gasteiger charge is -2.25. The normalized spacial score (nSPS) is 23.9. The highest BCUT2D eigenvalue weighted by atomic mass is 16.7. The van der Waals surface area contributed by atoms with Gasteiger partial charge in [-0.2, -0.15) is 0 Å². The van der Waals surface area contributed by atoms with Crippen LogP contribution < -0.4 is 4.74 Å². The van der Waals surface area contributed by atoms with Crippen molar-refractivity contribution in [3.05, 3.63) is 29.8 Å². The molecular formula is C12H12O5. The molecule has 0 aromatic heterocycles. The largest absolute Gasteiger partial charge is 0.497 e. The van der Waals surface area contributed by atoms with Crippen LogP contribution in [0.5, 0.6) is 5.75 Å². The molecule has 1 saturated heterocycles. The third kappa shape index (κ3) is 2.22. The Morgan fingerprint density at radius 1 is 1.06 bits per heavy atom. The molecule has 1 aliphatic rings. The van der Waals surface area contributed by atoms with Crippen molar-refractivity contribution in [2.75, 3.05) is 7.11 Å². The van der Waals surface area contributed by atoms with E-state index >= 15 is 0 Å². The Hall–Kier alpha value is -2.04. The number of carbonyl (C=O) groups excluding carboxylic acids is 2. The summed E-state index contributed by atoms with van der Waals surface area (Å²) >= 11 is 0.